The van der Waals surface area contributed by atoms with Crippen molar-refractivity contribution in [3.8, 4) is 17.1 Å². The van der Waals surface area contributed by atoms with Gasteiger partial charge in [-0.25, -0.2) is 14.2 Å². The number of rotatable bonds is 5. The lowest BCUT2D eigenvalue weighted by Gasteiger charge is -2.11. The molecule has 0 unspecified atom stereocenters. The van der Waals surface area contributed by atoms with Gasteiger partial charge in [0.25, 0.3) is 0 Å². The van der Waals surface area contributed by atoms with Crippen LogP contribution in [0.4, 0.5) is 4.39 Å². The molecule has 0 atom stereocenters. The molecular weight excluding hydrogens is 411 g/mol. The number of para-hydroxylation sites is 1. The molecule has 158 valence electrons. The molecule has 0 aliphatic heterocycles. The van der Waals surface area contributed by atoms with E-state index in [1.807, 2.05) is 6.07 Å². The summed E-state index contributed by atoms with van der Waals surface area (Å²) in [7, 11) is 1.52. The van der Waals surface area contributed by atoms with Crippen molar-refractivity contribution >= 4 is 22.3 Å². The SMILES string of the molecule is COc1cccc(C(=O)Cn2c(=O)n3nc(-c4cccc(F)c4)nc3c3ccccc32)c1. The van der Waals surface area contributed by atoms with Crippen LogP contribution in [0.5, 0.6) is 5.75 Å². The maximum atomic E-state index is 13.7. The lowest BCUT2D eigenvalue weighted by atomic mass is 10.1. The molecule has 0 aliphatic carbocycles. The van der Waals surface area contributed by atoms with Gasteiger partial charge >= 0.3 is 5.69 Å². The molecule has 3 aromatic carbocycles. The van der Waals surface area contributed by atoms with Crippen molar-refractivity contribution in [2.75, 3.05) is 7.11 Å². The smallest absolute Gasteiger partial charge is 0.351 e. The van der Waals surface area contributed by atoms with Crippen LogP contribution in [0.1, 0.15) is 10.4 Å². The predicted molar refractivity (Wildman–Crippen MR) is 117 cm³/mol. The average Bonchev–Trinajstić information content (AvgIpc) is 3.28. The van der Waals surface area contributed by atoms with Crippen molar-refractivity contribution in [2.24, 2.45) is 0 Å². The number of fused-ring (bicyclic) bond motifs is 3. The van der Waals surface area contributed by atoms with Gasteiger partial charge in [-0.15, -0.1) is 5.10 Å². The molecule has 0 spiro atoms. The van der Waals surface area contributed by atoms with Crippen molar-refractivity contribution in [2.45, 2.75) is 6.54 Å². The minimum absolute atomic E-state index is 0.183. The molecule has 0 bridgehead atoms. The van der Waals surface area contributed by atoms with Crippen molar-refractivity contribution in [3.63, 3.8) is 0 Å². The van der Waals surface area contributed by atoms with E-state index in [1.165, 1.54) is 23.8 Å². The van der Waals surface area contributed by atoms with Crippen molar-refractivity contribution in [1.29, 1.82) is 0 Å². The van der Waals surface area contributed by atoms with E-state index in [2.05, 4.69) is 10.1 Å². The zero-order valence-corrected chi connectivity index (χ0v) is 17.0. The lowest BCUT2D eigenvalue weighted by Crippen LogP contribution is -2.30. The average molecular weight is 428 g/mol. The zero-order chi connectivity index (χ0) is 22.2. The highest BCUT2D eigenvalue weighted by atomic mass is 19.1. The third-order valence-corrected chi connectivity index (χ3v) is 5.23. The fraction of sp³-hybridized carbons (Fsp3) is 0.0833. The van der Waals surface area contributed by atoms with E-state index in [1.54, 1.807) is 54.6 Å². The molecule has 2 aromatic heterocycles. The van der Waals surface area contributed by atoms with Crippen LogP contribution in [0, 0.1) is 5.82 Å². The molecule has 0 saturated heterocycles. The third-order valence-electron chi connectivity index (χ3n) is 5.23. The first kappa shape index (κ1) is 19.6. The van der Waals surface area contributed by atoms with Crippen molar-refractivity contribution < 1.29 is 13.9 Å². The largest absolute Gasteiger partial charge is 0.497 e. The molecular formula is C24H17FN4O3. The van der Waals surface area contributed by atoms with E-state index >= 15 is 0 Å². The second-order valence-electron chi connectivity index (χ2n) is 7.22. The maximum absolute atomic E-state index is 13.7. The van der Waals surface area contributed by atoms with Gasteiger partial charge in [-0.1, -0.05) is 36.4 Å². The van der Waals surface area contributed by atoms with Gasteiger partial charge in [0, 0.05) is 16.5 Å². The molecule has 0 aliphatic rings. The van der Waals surface area contributed by atoms with Gasteiger partial charge in [-0.2, -0.15) is 4.52 Å². The Morgan fingerprint density at radius 1 is 1.03 bits per heavy atom. The molecule has 0 fully saturated rings. The molecule has 2 heterocycles. The van der Waals surface area contributed by atoms with E-state index in [4.69, 9.17) is 4.74 Å². The second kappa shape index (κ2) is 7.73. The van der Waals surface area contributed by atoms with Gasteiger partial charge in [0.2, 0.25) is 0 Å². The van der Waals surface area contributed by atoms with E-state index in [0.29, 0.717) is 33.4 Å². The quantitative estimate of drug-likeness (QED) is 0.399. The first-order chi connectivity index (χ1) is 15.5. The summed E-state index contributed by atoms with van der Waals surface area (Å²) in [6, 6.07) is 19.8. The highest BCUT2D eigenvalue weighted by Crippen LogP contribution is 2.22. The normalized spacial score (nSPS) is 11.2. The van der Waals surface area contributed by atoms with Gasteiger partial charge in [-0.05, 0) is 36.4 Å². The topological polar surface area (TPSA) is 78.5 Å². The number of carbonyl (C=O) groups is 1. The molecule has 5 aromatic rings. The van der Waals surface area contributed by atoms with E-state index in [9.17, 15) is 14.0 Å². The number of aromatic nitrogens is 4. The zero-order valence-electron chi connectivity index (χ0n) is 17.0. The van der Waals surface area contributed by atoms with Gasteiger partial charge in [0.15, 0.2) is 17.3 Å². The predicted octanol–water partition coefficient (Wildman–Crippen LogP) is 3.74. The number of ketones is 1. The summed E-state index contributed by atoms with van der Waals surface area (Å²) in [6.45, 7) is -0.183. The van der Waals surface area contributed by atoms with E-state index in [0.717, 1.165) is 4.52 Å². The van der Waals surface area contributed by atoms with Crippen LogP contribution in [-0.4, -0.2) is 32.1 Å². The Morgan fingerprint density at radius 3 is 2.66 bits per heavy atom. The highest BCUT2D eigenvalue weighted by molar-refractivity contribution is 5.98. The van der Waals surface area contributed by atoms with Gasteiger partial charge in [-0.3, -0.25) is 9.36 Å². The molecule has 0 saturated carbocycles. The summed E-state index contributed by atoms with van der Waals surface area (Å²) in [5, 5.41) is 4.97. The molecule has 0 N–H and O–H groups in total. The number of halogens is 1. The molecule has 32 heavy (non-hydrogen) atoms. The molecule has 0 radical (unpaired) electrons. The van der Waals surface area contributed by atoms with E-state index < -0.39 is 11.5 Å². The van der Waals surface area contributed by atoms with Crippen LogP contribution in [0.3, 0.4) is 0 Å². The molecule has 8 heteroatoms. The fourth-order valence-electron chi connectivity index (χ4n) is 3.67. The molecule has 7 nitrogen and oxygen atoms in total. The summed E-state index contributed by atoms with van der Waals surface area (Å²) >= 11 is 0. The second-order valence-corrected chi connectivity index (χ2v) is 7.22. The maximum Gasteiger partial charge on any atom is 0.351 e. The standard InChI is InChI=1S/C24H17FN4O3/c1-32-18-9-5-6-15(13-18)21(30)14-28-20-11-3-2-10-19(20)23-26-22(27-29(23)24(28)31)16-7-4-8-17(25)12-16/h2-13H,14H2,1H3. The van der Waals surface area contributed by atoms with Crippen LogP contribution in [0.15, 0.2) is 77.6 Å². The Morgan fingerprint density at radius 2 is 1.84 bits per heavy atom. The number of methoxy groups -OCH3 is 1. The molecule has 0 amide bonds. The number of nitrogens with zero attached hydrogens (tertiary/aromatic N) is 4. The highest BCUT2D eigenvalue weighted by Gasteiger charge is 2.18. The Balaban J connectivity index is 1.68. The van der Waals surface area contributed by atoms with E-state index in [-0.39, 0.29) is 18.2 Å². The van der Waals surface area contributed by atoms with Gasteiger partial charge in [0.05, 0.1) is 19.2 Å². The van der Waals surface area contributed by atoms with Crippen LogP contribution in [0.25, 0.3) is 27.9 Å². The number of Topliss-reactive ketones (excluding diaryl/α,β-unsaturated/α-hetero) is 1. The first-order valence-electron chi connectivity index (χ1n) is 9.86. The summed E-state index contributed by atoms with van der Waals surface area (Å²) in [4.78, 5) is 30.8. The Kier molecular flexibility index (Phi) is 4.74. The van der Waals surface area contributed by atoms with Gasteiger partial charge in [0.1, 0.15) is 11.6 Å². The van der Waals surface area contributed by atoms with Crippen LogP contribution >= 0.6 is 0 Å². The van der Waals surface area contributed by atoms with Crippen LogP contribution < -0.4 is 10.4 Å². The Bertz CT molecular complexity index is 1550. The monoisotopic (exact) mass is 428 g/mol. The van der Waals surface area contributed by atoms with Crippen molar-refractivity contribution in [3.05, 3.63) is 94.7 Å². The first-order valence-corrected chi connectivity index (χ1v) is 9.86. The third kappa shape index (κ3) is 3.31. The minimum atomic E-state index is -0.509. The number of benzene rings is 3. The number of hydrogen-bond donors (Lipinski definition) is 0. The number of carbonyl (C=O) groups excluding carboxylic acids is 1. The van der Waals surface area contributed by atoms with Crippen LogP contribution in [-0.2, 0) is 6.54 Å². The van der Waals surface area contributed by atoms with Crippen LogP contribution in [0.2, 0.25) is 0 Å². The fourth-order valence-corrected chi connectivity index (χ4v) is 3.67. The Hall–Kier alpha value is -4.33. The van der Waals surface area contributed by atoms with Gasteiger partial charge < -0.3 is 4.74 Å². The Labute approximate surface area is 181 Å². The lowest BCUT2D eigenvalue weighted by molar-refractivity contribution is 0.0971. The molecule has 5 rings (SSSR count). The number of hydrogen-bond acceptors (Lipinski definition) is 5. The summed E-state index contributed by atoms with van der Waals surface area (Å²) in [6.07, 6.45) is 0. The summed E-state index contributed by atoms with van der Waals surface area (Å²) in [5.74, 6) is 0.108. The minimum Gasteiger partial charge on any atom is -0.497 e. The van der Waals surface area contributed by atoms with Crippen molar-refractivity contribution in [1.82, 2.24) is 19.2 Å². The summed E-state index contributed by atoms with van der Waals surface area (Å²) < 4.78 is 21.4. The number of ether oxygens (including phenoxy) is 1. The summed E-state index contributed by atoms with van der Waals surface area (Å²) in [5.41, 5.74) is 1.27.